The second-order valence-corrected chi connectivity index (χ2v) is 3.60. The normalized spacial score (nSPS) is 10.3. The van der Waals surface area contributed by atoms with Crippen LogP contribution in [0.3, 0.4) is 0 Å². The molecule has 1 aromatic carbocycles. The average molecular weight is 273 g/mol. The first-order valence-corrected chi connectivity index (χ1v) is 5.01. The highest BCUT2D eigenvalue weighted by molar-refractivity contribution is 9.10. The molecule has 0 fully saturated rings. The predicted octanol–water partition coefficient (Wildman–Crippen LogP) is 2.97. The molecule has 0 atom stereocenters. The van der Waals surface area contributed by atoms with Crippen LogP contribution in [0.4, 0.5) is 4.39 Å². The zero-order valence-corrected chi connectivity index (χ0v) is 9.64. The number of allylic oxidation sites excluding steroid dienone is 1. The van der Waals surface area contributed by atoms with E-state index < -0.39 is 5.82 Å². The maximum Gasteiger partial charge on any atom is 0.163 e. The predicted molar refractivity (Wildman–Crippen MR) is 60.0 cm³/mol. The molecule has 0 unspecified atom stereocenters. The standard InChI is InChI=1S/C10H10BrFN2O/c1-2-5-15-14-10(13)8-4-3-7(11)6-9(8)12/h2-6H,1H3,(H2,13,14). The Hall–Kier alpha value is -1.36. The van der Waals surface area contributed by atoms with E-state index in [2.05, 4.69) is 21.4 Å². The van der Waals surface area contributed by atoms with Crippen LogP contribution < -0.4 is 5.48 Å². The summed E-state index contributed by atoms with van der Waals surface area (Å²) in [5.74, 6) is -0.607. The highest BCUT2D eigenvalue weighted by Gasteiger charge is 2.07. The van der Waals surface area contributed by atoms with Gasteiger partial charge in [-0.1, -0.05) is 15.9 Å². The van der Waals surface area contributed by atoms with Crippen molar-refractivity contribution in [3.8, 4) is 0 Å². The van der Waals surface area contributed by atoms with E-state index in [1.165, 1.54) is 18.4 Å². The van der Waals surface area contributed by atoms with Crippen molar-refractivity contribution in [1.29, 1.82) is 5.41 Å². The summed E-state index contributed by atoms with van der Waals surface area (Å²) >= 11 is 3.14. The molecule has 0 aromatic heterocycles. The molecular weight excluding hydrogens is 263 g/mol. The number of benzene rings is 1. The van der Waals surface area contributed by atoms with Crippen molar-refractivity contribution in [2.24, 2.45) is 0 Å². The molecular formula is C10H10BrFN2O. The molecule has 15 heavy (non-hydrogen) atoms. The number of amidine groups is 1. The van der Waals surface area contributed by atoms with Gasteiger partial charge in [-0.2, -0.15) is 0 Å². The van der Waals surface area contributed by atoms with E-state index in [9.17, 15) is 4.39 Å². The molecule has 2 N–H and O–H groups in total. The third-order valence-electron chi connectivity index (χ3n) is 1.57. The third kappa shape index (κ3) is 3.36. The lowest BCUT2D eigenvalue weighted by molar-refractivity contribution is 0.193. The van der Waals surface area contributed by atoms with E-state index in [0.29, 0.717) is 4.47 Å². The van der Waals surface area contributed by atoms with Gasteiger partial charge in [-0.25, -0.2) is 9.87 Å². The summed E-state index contributed by atoms with van der Waals surface area (Å²) in [5, 5.41) is 7.49. The van der Waals surface area contributed by atoms with E-state index in [-0.39, 0.29) is 11.4 Å². The van der Waals surface area contributed by atoms with Crippen LogP contribution in [-0.4, -0.2) is 5.84 Å². The molecule has 0 saturated heterocycles. The van der Waals surface area contributed by atoms with Gasteiger partial charge in [-0.15, -0.1) is 0 Å². The Morgan fingerprint density at radius 3 is 2.93 bits per heavy atom. The van der Waals surface area contributed by atoms with Gasteiger partial charge in [0.15, 0.2) is 5.84 Å². The minimum Gasteiger partial charge on any atom is -0.389 e. The fraction of sp³-hybridized carbons (Fsp3) is 0.100. The summed E-state index contributed by atoms with van der Waals surface area (Å²) in [4.78, 5) is 4.75. The molecule has 5 heteroatoms. The monoisotopic (exact) mass is 272 g/mol. The molecule has 80 valence electrons. The first-order valence-electron chi connectivity index (χ1n) is 4.22. The van der Waals surface area contributed by atoms with E-state index in [1.54, 1.807) is 19.1 Å². The van der Waals surface area contributed by atoms with Gasteiger partial charge in [0, 0.05) is 4.47 Å². The Morgan fingerprint density at radius 2 is 2.33 bits per heavy atom. The first-order chi connectivity index (χ1) is 7.15. The molecule has 0 saturated carbocycles. The lowest BCUT2D eigenvalue weighted by Gasteiger charge is -2.07. The summed E-state index contributed by atoms with van der Waals surface area (Å²) < 4.78 is 14.0. The second kappa shape index (κ2) is 5.50. The topological polar surface area (TPSA) is 45.1 Å². The maximum atomic E-state index is 13.3. The van der Waals surface area contributed by atoms with Crippen LogP contribution in [-0.2, 0) is 4.84 Å². The summed E-state index contributed by atoms with van der Waals surface area (Å²) in [6.07, 6.45) is 3.02. The van der Waals surface area contributed by atoms with Gasteiger partial charge < -0.3 is 4.84 Å². The Bertz CT molecular complexity index is 393. The highest BCUT2D eigenvalue weighted by Crippen LogP contribution is 2.14. The molecule has 0 amide bonds. The van der Waals surface area contributed by atoms with Gasteiger partial charge in [0.25, 0.3) is 0 Å². The smallest absolute Gasteiger partial charge is 0.163 e. The van der Waals surface area contributed by atoms with E-state index in [4.69, 9.17) is 10.2 Å². The lowest BCUT2D eigenvalue weighted by atomic mass is 10.2. The highest BCUT2D eigenvalue weighted by atomic mass is 79.9. The fourth-order valence-corrected chi connectivity index (χ4v) is 1.24. The summed E-state index contributed by atoms with van der Waals surface area (Å²) in [5.41, 5.74) is 2.46. The van der Waals surface area contributed by atoms with Gasteiger partial charge in [0.05, 0.1) is 5.56 Å². The molecule has 0 aliphatic heterocycles. The number of halogens is 2. The summed E-state index contributed by atoms with van der Waals surface area (Å²) in [7, 11) is 0. The van der Waals surface area contributed by atoms with Gasteiger partial charge in [0.2, 0.25) is 0 Å². The molecule has 3 nitrogen and oxygen atoms in total. The number of rotatable bonds is 3. The third-order valence-corrected chi connectivity index (χ3v) is 2.06. The largest absolute Gasteiger partial charge is 0.389 e. The van der Waals surface area contributed by atoms with Crippen LogP contribution in [0.1, 0.15) is 12.5 Å². The van der Waals surface area contributed by atoms with Gasteiger partial charge in [0.1, 0.15) is 12.1 Å². The number of hydroxylamine groups is 1. The minimum atomic E-state index is -0.481. The van der Waals surface area contributed by atoms with Crippen LogP contribution in [0.5, 0.6) is 0 Å². The fourth-order valence-electron chi connectivity index (χ4n) is 0.908. The van der Waals surface area contributed by atoms with Crippen molar-refractivity contribution >= 4 is 21.8 Å². The number of hydrogen-bond acceptors (Lipinski definition) is 2. The van der Waals surface area contributed by atoms with Gasteiger partial charge in [-0.05, 0) is 31.2 Å². The Balaban J connectivity index is 2.73. The zero-order valence-electron chi connectivity index (χ0n) is 8.05. The molecule has 0 spiro atoms. The van der Waals surface area contributed by atoms with Crippen LogP contribution in [0.2, 0.25) is 0 Å². The first kappa shape index (κ1) is 11.7. The van der Waals surface area contributed by atoms with Crippen LogP contribution in [0, 0.1) is 11.2 Å². The quantitative estimate of drug-likeness (QED) is 0.385. The Kier molecular flexibility index (Phi) is 4.30. The minimum absolute atomic E-state index is 0.127. The van der Waals surface area contributed by atoms with Gasteiger partial charge in [-0.3, -0.25) is 5.41 Å². The second-order valence-electron chi connectivity index (χ2n) is 2.69. The van der Waals surface area contributed by atoms with Crippen molar-refractivity contribution in [3.05, 3.63) is 46.4 Å². The Morgan fingerprint density at radius 1 is 1.60 bits per heavy atom. The van der Waals surface area contributed by atoms with Crippen LogP contribution in [0.15, 0.2) is 35.0 Å². The lowest BCUT2D eigenvalue weighted by Crippen LogP contribution is -2.22. The molecule has 0 radical (unpaired) electrons. The maximum absolute atomic E-state index is 13.3. The number of hydrogen-bond donors (Lipinski definition) is 2. The van der Waals surface area contributed by atoms with Gasteiger partial charge >= 0.3 is 0 Å². The average Bonchev–Trinajstić information content (AvgIpc) is 2.17. The van der Waals surface area contributed by atoms with Crippen molar-refractivity contribution in [3.63, 3.8) is 0 Å². The summed E-state index contributed by atoms with van der Waals surface area (Å²) in [6.45, 7) is 1.77. The molecule has 1 aromatic rings. The summed E-state index contributed by atoms with van der Waals surface area (Å²) in [6, 6.07) is 4.44. The zero-order chi connectivity index (χ0) is 11.3. The van der Waals surface area contributed by atoms with E-state index in [0.717, 1.165) is 0 Å². The van der Waals surface area contributed by atoms with Crippen molar-refractivity contribution in [2.45, 2.75) is 6.92 Å². The SMILES string of the molecule is CC=CONC(=N)c1ccc(Br)cc1F. The van der Waals surface area contributed by atoms with Crippen molar-refractivity contribution in [2.75, 3.05) is 0 Å². The molecule has 1 rings (SSSR count). The molecule has 0 bridgehead atoms. The molecule has 0 heterocycles. The van der Waals surface area contributed by atoms with Crippen molar-refractivity contribution < 1.29 is 9.23 Å². The van der Waals surface area contributed by atoms with E-state index >= 15 is 0 Å². The van der Waals surface area contributed by atoms with Crippen LogP contribution in [0.25, 0.3) is 0 Å². The molecule has 0 aliphatic carbocycles. The Labute approximate surface area is 95.5 Å². The van der Waals surface area contributed by atoms with Crippen LogP contribution >= 0.6 is 15.9 Å². The number of nitrogens with one attached hydrogen (secondary N) is 2. The van der Waals surface area contributed by atoms with Crippen molar-refractivity contribution in [1.82, 2.24) is 5.48 Å². The van der Waals surface area contributed by atoms with E-state index in [1.807, 2.05) is 0 Å². The molecule has 0 aliphatic rings.